The van der Waals surface area contributed by atoms with E-state index in [4.69, 9.17) is 9.73 Å². The standard InChI is InChI=1S/C58H45N3O/c1-3-46-55(39-18-8-5-9-19-39)59-58(40-28-26-38(27-29-40)37-16-6-4-7-17-37)60-56(46)45-33-51-49-31-42-21-11-10-20-41(42)30-48(49)36(2)62-57(51)54(35-45)61-52-25-15-14-24-47(52)50-32-43-22-12-13-23-44(43)34-53(50)61/h4-36,46,55-56H,3H2,1-2H3,(H,59,60)/t36?,46-,55?,56?/m1/s1. The van der Waals surface area contributed by atoms with E-state index in [0.29, 0.717) is 0 Å². The fourth-order valence-electron chi connectivity index (χ4n) is 10.4. The first-order chi connectivity index (χ1) is 30.6. The van der Waals surface area contributed by atoms with E-state index in [1.165, 1.54) is 65.7 Å². The highest BCUT2D eigenvalue weighted by molar-refractivity contribution is 6.14. The van der Waals surface area contributed by atoms with Crippen LogP contribution in [-0.2, 0) is 0 Å². The summed E-state index contributed by atoms with van der Waals surface area (Å²) >= 11 is 0. The van der Waals surface area contributed by atoms with Gasteiger partial charge < -0.3 is 14.6 Å². The van der Waals surface area contributed by atoms with Gasteiger partial charge in [-0.05, 0) is 105 Å². The van der Waals surface area contributed by atoms with Crippen LogP contribution >= 0.6 is 0 Å². The van der Waals surface area contributed by atoms with Crippen LogP contribution in [0, 0.1) is 5.92 Å². The van der Waals surface area contributed by atoms with Crippen LogP contribution in [0.25, 0.3) is 71.3 Å². The van der Waals surface area contributed by atoms with E-state index < -0.39 is 0 Å². The minimum absolute atomic E-state index is 0.0408. The number of nitrogens with zero attached hydrogens (tertiary/aromatic N) is 2. The summed E-state index contributed by atoms with van der Waals surface area (Å²) < 4.78 is 9.66. The monoisotopic (exact) mass is 799 g/mol. The summed E-state index contributed by atoms with van der Waals surface area (Å²) in [5.41, 5.74) is 12.8. The second-order valence-electron chi connectivity index (χ2n) is 17.0. The van der Waals surface area contributed by atoms with Crippen molar-refractivity contribution in [3.05, 3.63) is 216 Å². The number of benzene rings is 9. The van der Waals surface area contributed by atoms with Crippen LogP contribution in [0.15, 0.2) is 199 Å². The van der Waals surface area contributed by atoms with Gasteiger partial charge in [0.1, 0.15) is 11.9 Å². The number of hydrogen-bond donors (Lipinski definition) is 1. The maximum atomic E-state index is 7.20. The van der Waals surface area contributed by atoms with Crippen molar-refractivity contribution in [3.63, 3.8) is 0 Å². The number of rotatable bonds is 6. The predicted octanol–water partition coefficient (Wildman–Crippen LogP) is 14.7. The molecule has 4 atom stereocenters. The van der Waals surface area contributed by atoms with Gasteiger partial charge in [-0.2, -0.15) is 0 Å². The molecule has 2 aliphatic heterocycles. The first-order valence-corrected chi connectivity index (χ1v) is 21.9. The van der Waals surface area contributed by atoms with Gasteiger partial charge in [0.2, 0.25) is 0 Å². The lowest BCUT2D eigenvalue weighted by Crippen LogP contribution is -2.41. The lowest BCUT2D eigenvalue weighted by Gasteiger charge is -2.39. The van der Waals surface area contributed by atoms with E-state index >= 15 is 0 Å². The predicted molar refractivity (Wildman–Crippen MR) is 258 cm³/mol. The Balaban J connectivity index is 1.13. The van der Waals surface area contributed by atoms with Crippen molar-refractivity contribution in [2.45, 2.75) is 38.5 Å². The average molecular weight is 800 g/mol. The quantitative estimate of drug-likeness (QED) is 0.182. The van der Waals surface area contributed by atoms with Crippen LogP contribution in [0.5, 0.6) is 5.75 Å². The fourth-order valence-corrected chi connectivity index (χ4v) is 10.4. The topological polar surface area (TPSA) is 38.5 Å². The summed E-state index contributed by atoms with van der Waals surface area (Å²) in [5, 5.41) is 11.3. The highest BCUT2D eigenvalue weighted by Gasteiger charge is 2.38. The maximum Gasteiger partial charge on any atom is 0.152 e. The molecular weight excluding hydrogens is 755 g/mol. The van der Waals surface area contributed by atoms with Gasteiger partial charge in [0.15, 0.2) is 5.75 Å². The van der Waals surface area contributed by atoms with Crippen LogP contribution in [0.3, 0.4) is 0 Å². The molecule has 0 spiro atoms. The minimum Gasteiger partial charge on any atom is -0.483 e. The molecule has 0 saturated carbocycles. The van der Waals surface area contributed by atoms with E-state index in [0.717, 1.165) is 45.9 Å². The second kappa shape index (κ2) is 14.6. The first-order valence-electron chi connectivity index (χ1n) is 21.9. The molecule has 4 nitrogen and oxygen atoms in total. The van der Waals surface area contributed by atoms with Gasteiger partial charge in [-0.25, -0.2) is 0 Å². The average Bonchev–Trinajstić information content (AvgIpc) is 3.65. The summed E-state index contributed by atoms with van der Waals surface area (Å²) in [6.07, 6.45) is 0.789. The zero-order valence-electron chi connectivity index (χ0n) is 34.8. The van der Waals surface area contributed by atoms with Gasteiger partial charge in [-0.1, -0.05) is 159 Å². The van der Waals surface area contributed by atoms with Crippen LogP contribution < -0.4 is 10.1 Å². The van der Waals surface area contributed by atoms with Gasteiger partial charge in [0.25, 0.3) is 0 Å². The molecule has 298 valence electrons. The van der Waals surface area contributed by atoms with Crippen molar-refractivity contribution in [1.82, 2.24) is 9.88 Å². The Bertz CT molecular complexity index is 3370. The van der Waals surface area contributed by atoms with Gasteiger partial charge in [0, 0.05) is 33.4 Å². The molecule has 1 aromatic heterocycles. The number of fused-ring (bicyclic) bond motifs is 8. The zero-order chi connectivity index (χ0) is 41.3. The Hall–Kier alpha value is -7.43. The van der Waals surface area contributed by atoms with Crippen LogP contribution in [0.2, 0.25) is 0 Å². The van der Waals surface area contributed by atoms with E-state index in [2.05, 4.69) is 218 Å². The molecule has 4 heteroatoms. The fraction of sp³-hybridized carbons (Fsp3) is 0.121. The van der Waals surface area contributed by atoms with Crippen molar-refractivity contribution < 1.29 is 4.74 Å². The molecule has 12 rings (SSSR count). The number of aromatic nitrogens is 1. The first kappa shape index (κ1) is 36.4. The van der Waals surface area contributed by atoms with Crippen molar-refractivity contribution in [2.75, 3.05) is 0 Å². The Morgan fingerprint density at radius 3 is 1.89 bits per heavy atom. The van der Waals surface area contributed by atoms with Crippen molar-refractivity contribution >= 4 is 49.2 Å². The molecule has 9 aromatic carbocycles. The van der Waals surface area contributed by atoms with Crippen LogP contribution in [0.1, 0.15) is 60.7 Å². The SMILES string of the molecule is CC[C@H]1C(c2cc3c(c(-n4c5ccccc5c5cc6ccccc6cc54)c2)OC(C)c2cc4ccccc4cc2-3)N=C(c2ccc(-c3ccccc3)cc2)NC1c1ccccc1. The molecule has 3 heterocycles. The highest BCUT2D eigenvalue weighted by Crippen LogP contribution is 2.52. The smallest absolute Gasteiger partial charge is 0.152 e. The Kier molecular flexibility index (Phi) is 8.60. The molecule has 0 fully saturated rings. The van der Waals surface area contributed by atoms with Gasteiger partial charge in [0.05, 0.1) is 28.8 Å². The summed E-state index contributed by atoms with van der Waals surface area (Å²) in [4.78, 5) is 5.77. The third kappa shape index (κ3) is 5.93. The van der Waals surface area contributed by atoms with Gasteiger partial charge >= 0.3 is 0 Å². The highest BCUT2D eigenvalue weighted by atomic mass is 16.5. The Morgan fingerprint density at radius 1 is 0.532 bits per heavy atom. The summed E-state index contributed by atoms with van der Waals surface area (Å²) in [7, 11) is 0. The van der Waals surface area contributed by atoms with Crippen molar-refractivity contribution in [3.8, 4) is 33.7 Å². The number of aliphatic imine (C=N–C) groups is 1. The molecule has 0 aliphatic carbocycles. The van der Waals surface area contributed by atoms with Crippen LogP contribution in [-0.4, -0.2) is 10.4 Å². The molecule has 1 N–H and O–H groups in total. The third-order valence-corrected chi connectivity index (χ3v) is 13.4. The molecule has 0 radical (unpaired) electrons. The van der Waals surface area contributed by atoms with Crippen molar-refractivity contribution in [2.24, 2.45) is 10.9 Å². The van der Waals surface area contributed by atoms with Gasteiger partial charge in [-0.3, -0.25) is 4.99 Å². The number of nitrogens with one attached hydrogen (secondary N) is 1. The normalized spacial score (nSPS) is 18.3. The Morgan fingerprint density at radius 2 is 1.15 bits per heavy atom. The Labute approximate surface area is 361 Å². The lowest BCUT2D eigenvalue weighted by molar-refractivity contribution is 0.223. The second-order valence-corrected chi connectivity index (χ2v) is 17.0. The molecular formula is C58H45N3O. The largest absolute Gasteiger partial charge is 0.483 e. The number of ether oxygens (including phenoxy) is 1. The molecule has 0 saturated heterocycles. The minimum atomic E-state index is -0.156. The number of amidine groups is 1. The molecule has 10 aromatic rings. The molecule has 0 amide bonds. The molecule has 3 unspecified atom stereocenters. The molecule has 62 heavy (non-hydrogen) atoms. The zero-order valence-corrected chi connectivity index (χ0v) is 34.8. The van der Waals surface area contributed by atoms with Gasteiger partial charge in [-0.15, -0.1) is 0 Å². The maximum absolute atomic E-state index is 7.20. The molecule has 0 bridgehead atoms. The summed E-state index contributed by atoms with van der Waals surface area (Å²) in [6, 6.07) is 70.7. The number of hydrogen-bond acceptors (Lipinski definition) is 3. The third-order valence-electron chi connectivity index (χ3n) is 13.4. The summed E-state index contributed by atoms with van der Waals surface area (Å²) in [6.45, 7) is 4.51. The van der Waals surface area contributed by atoms with E-state index in [9.17, 15) is 0 Å². The molecule has 2 aliphatic rings. The van der Waals surface area contributed by atoms with E-state index in [1.807, 2.05) is 0 Å². The van der Waals surface area contributed by atoms with Crippen LogP contribution in [0.4, 0.5) is 0 Å². The lowest BCUT2D eigenvalue weighted by atomic mass is 9.79. The summed E-state index contributed by atoms with van der Waals surface area (Å²) in [5.74, 6) is 1.98. The van der Waals surface area contributed by atoms with E-state index in [1.54, 1.807) is 0 Å². The number of para-hydroxylation sites is 1. The van der Waals surface area contributed by atoms with Crippen molar-refractivity contribution in [1.29, 1.82) is 0 Å². The van der Waals surface area contributed by atoms with E-state index in [-0.39, 0.29) is 24.1 Å².